The molecule has 0 spiro atoms. The number of ether oxygens (including phenoxy) is 2. The second-order valence-electron chi connectivity index (χ2n) is 25.0. The first-order chi connectivity index (χ1) is 51.8. The zero-order chi connectivity index (χ0) is 84.5. The standard InChI is InChI=1S/C14H18O4.C14H20.C12H16O2.C12H18O.C12H16O.C10H13Br.C10H13Cl.C2H6.6CH4O/c1-4-9(2)10-5-11(13(16)8-15)7-12(6-10)14(17)18-3;1-3-11(2)13-10-6-8-12-7-4-5-9-14(12)13;1-3-9(2)10-5-4-6-11(7-10)12(14)8-13;1-5-9(2)11-6-7-12(13-4)10(3)8-11;1-4-9(2)11-6-5-7-12(8-11)10(3)13;1-3-8(2)9-5-4-6-10(11)7-9;1-3-8(2)9-4-6-10(11)7-5-9;7*1-2/h5-7,9,15H,4,8H2,1-3H3;6,8,10-11H,3-5,7,9H2,1-2H3;4-7,9,13H,3,8H2,1-2H3;6-9H,5H2,1-4H3;5-9H,4H2,1-3H3;2*4-8H,3H2,1-2H3;1-2H3;6*2H,1H3. The number of esters is 1. The molecule has 7 atom stereocenters. The Hall–Kier alpha value is -6.73. The number of hydrogen-bond donors (Lipinski definition) is 8. The van der Waals surface area contributed by atoms with Gasteiger partial charge in [0.2, 0.25) is 0 Å². The third-order valence-corrected chi connectivity index (χ3v) is 19.0. The van der Waals surface area contributed by atoms with Gasteiger partial charge < -0.3 is 50.3 Å². The van der Waals surface area contributed by atoms with E-state index in [2.05, 4.69) is 190 Å². The molecular weight excluding hydrogens is 1440 g/mol. The summed E-state index contributed by atoms with van der Waals surface area (Å²) in [7, 11) is 9.01. The van der Waals surface area contributed by atoms with Gasteiger partial charge in [0.1, 0.15) is 19.0 Å². The Kier molecular flexibility index (Phi) is 74.6. The van der Waals surface area contributed by atoms with Crippen molar-refractivity contribution in [2.45, 2.75) is 237 Å². The topological polar surface area (TPSA) is 249 Å². The highest BCUT2D eigenvalue weighted by atomic mass is 79.9. The van der Waals surface area contributed by atoms with Crippen LogP contribution < -0.4 is 4.74 Å². The van der Waals surface area contributed by atoms with Gasteiger partial charge >= 0.3 is 5.97 Å². The Morgan fingerprint density at radius 1 is 0.417 bits per heavy atom. The molecule has 610 valence electrons. The van der Waals surface area contributed by atoms with Crippen LogP contribution in [-0.2, 0) is 17.6 Å². The van der Waals surface area contributed by atoms with Gasteiger partial charge in [-0.3, -0.25) is 14.4 Å². The number of carbonyl (C=O) groups excluding carboxylic acids is 4. The fourth-order valence-electron chi connectivity index (χ4n) is 10.3. The summed E-state index contributed by atoms with van der Waals surface area (Å²) >= 11 is 9.22. The smallest absolute Gasteiger partial charge is 0.337 e. The van der Waals surface area contributed by atoms with E-state index in [9.17, 15) is 19.2 Å². The molecule has 8 N–H and O–H groups in total. The lowest BCUT2D eigenvalue weighted by Crippen LogP contribution is -2.10. The minimum Gasteiger partial charge on any atom is -0.496 e. The van der Waals surface area contributed by atoms with Crippen LogP contribution in [0, 0.1) is 6.92 Å². The summed E-state index contributed by atoms with van der Waals surface area (Å²) in [4.78, 5) is 45.4. The van der Waals surface area contributed by atoms with Crippen LogP contribution in [0.1, 0.15) is 314 Å². The maximum atomic E-state index is 11.5. The summed E-state index contributed by atoms with van der Waals surface area (Å²) in [5.74, 6) is 3.97. The van der Waals surface area contributed by atoms with Crippen LogP contribution in [0.15, 0.2) is 156 Å². The summed E-state index contributed by atoms with van der Waals surface area (Å²) < 4.78 is 11.0. The lowest BCUT2D eigenvalue weighted by molar-refractivity contribution is 0.0600. The van der Waals surface area contributed by atoms with Crippen LogP contribution in [0.3, 0.4) is 0 Å². The molecular formula is C92H144BrClO14. The molecule has 7 unspecified atom stereocenters. The minimum atomic E-state index is -0.565. The minimum absolute atomic E-state index is 0.144. The highest BCUT2D eigenvalue weighted by Gasteiger charge is 2.18. The summed E-state index contributed by atoms with van der Waals surface area (Å²) in [6.07, 6.45) is 13.3. The first-order valence-corrected chi connectivity index (χ1v) is 39.2. The van der Waals surface area contributed by atoms with Crippen LogP contribution in [-0.4, -0.2) is 134 Å². The van der Waals surface area contributed by atoms with Crippen molar-refractivity contribution in [2.24, 2.45) is 0 Å². The van der Waals surface area contributed by atoms with Crippen molar-refractivity contribution >= 4 is 50.8 Å². The van der Waals surface area contributed by atoms with Gasteiger partial charge in [-0.25, -0.2) is 4.79 Å². The van der Waals surface area contributed by atoms with Gasteiger partial charge in [-0.1, -0.05) is 229 Å². The van der Waals surface area contributed by atoms with E-state index in [1.165, 1.54) is 96.8 Å². The number of aryl methyl sites for hydroxylation is 2. The number of carbonyl (C=O) groups is 4. The van der Waals surface area contributed by atoms with Crippen molar-refractivity contribution in [1.82, 2.24) is 0 Å². The van der Waals surface area contributed by atoms with Crippen molar-refractivity contribution < 1.29 is 69.5 Å². The summed E-state index contributed by atoms with van der Waals surface area (Å²) in [6.45, 7) is 37.3. The van der Waals surface area contributed by atoms with Crippen LogP contribution in [0.5, 0.6) is 5.75 Å². The fraction of sp³-hybridized carbons (Fsp3) is 0.500. The van der Waals surface area contributed by atoms with Gasteiger partial charge in [0.15, 0.2) is 17.3 Å². The molecule has 0 amide bonds. The quantitative estimate of drug-likeness (QED) is 0.0246. The van der Waals surface area contributed by atoms with Crippen LogP contribution in [0.2, 0.25) is 5.02 Å². The third-order valence-electron chi connectivity index (χ3n) is 18.3. The number of aliphatic hydroxyl groups is 8. The molecule has 7 aromatic carbocycles. The van der Waals surface area contributed by atoms with Crippen molar-refractivity contribution in [3.05, 3.63) is 239 Å². The molecule has 0 saturated carbocycles. The third kappa shape index (κ3) is 45.4. The summed E-state index contributed by atoms with van der Waals surface area (Å²) in [5.41, 5.74) is 15.7. The number of halogens is 2. The van der Waals surface area contributed by atoms with E-state index in [4.69, 9.17) is 57.2 Å². The zero-order valence-corrected chi connectivity index (χ0v) is 73.3. The second kappa shape index (κ2) is 71.9. The Morgan fingerprint density at radius 3 is 1.19 bits per heavy atom. The number of fused-ring (bicyclic) bond motifs is 1. The van der Waals surface area contributed by atoms with Crippen LogP contribution in [0.4, 0.5) is 0 Å². The van der Waals surface area contributed by atoms with Gasteiger partial charge in [0.05, 0.1) is 19.8 Å². The molecule has 0 radical (unpaired) electrons. The van der Waals surface area contributed by atoms with Crippen molar-refractivity contribution in [3.8, 4) is 5.75 Å². The lowest BCUT2D eigenvalue weighted by atomic mass is 9.83. The Morgan fingerprint density at radius 2 is 0.778 bits per heavy atom. The molecule has 0 saturated heterocycles. The van der Waals surface area contributed by atoms with Crippen molar-refractivity contribution in [2.75, 3.05) is 70.1 Å². The van der Waals surface area contributed by atoms with E-state index < -0.39 is 25.0 Å². The number of methoxy groups -OCH3 is 2. The highest BCUT2D eigenvalue weighted by molar-refractivity contribution is 9.10. The molecule has 0 bridgehead atoms. The number of rotatable bonds is 21. The summed E-state index contributed by atoms with van der Waals surface area (Å²) in [6, 6.07) is 50.2. The molecule has 0 heterocycles. The van der Waals surface area contributed by atoms with Gasteiger partial charge in [-0.15, -0.1) is 0 Å². The van der Waals surface area contributed by atoms with Crippen molar-refractivity contribution in [3.63, 3.8) is 0 Å². The normalized spacial score (nSPS) is 12.0. The van der Waals surface area contributed by atoms with E-state index in [0.717, 1.165) is 95.3 Å². The van der Waals surface area contributed by atoms with Crippen molar-refractivity contribution in [1.29, 1.82) is 0 Å². The average Bonchev–Trinajstić information content (AvgIpc) is 0.825. The van der Waals surface area contributed by atoms with E-state index in [0.29, 0.717) is 46.3 Å². The molecule has 14 nitrogen and oxygen atoms in total. The number of aliphatic hydroxyl groups excluding tert-OH is 8. The monoisotopic (exact) mass is 1590 g/mol. The molecule has 7 aromatic rings. The molecule has 8 rings (SSSR count). The second-order valence-corrected chi connectivity index (χ2v) is 26.3. The highest BCUT2D eigenvalue weighted by Crippen LogP contribution is 2.32. The molecule has 108 heavy (non-hydrogen) atoms. The van der Waals surface area contributed by atoms with Gasteiger partial charge in [0.25, 0.3) is 0 Å². The largest absolute Gasteiger partial charge is 0.496 e. The van der Waals surface area contributed by atoms with Crippen LogP contribution >= 0.6 is 27.5 Å². The molecule has 16 heteroatoms. The summed E-state index contributed by atoms with van der Waals surface area (Å²) in [5, 5.41) is 60.4. The average molecular weight is 1590 g/mol. The number of hydrogen-bond acceptors (Lipinski definition) is 14. The van der Waals surface area contributed by atoms with E-state index in [-0.39, 0.29) is 17.5 Å². The van der Waals surface area contributed by atoms with E-state index in [1.807, 2.05) is 76.2 Å². The number of ketones is 3. The number of Topliss-reactive ketones (excluding diaryl/α,β-unsaturated/α-hetero) is 3. The Bertz CT molecular complexity index is 3340. The van der Waals surface area contributed by atoms with E-state index >= 15 is 0 Å². The van der Waals surface area contributed by atoms with E-state index in [1.54, 1.807) is 48.9 Å². The lowest BCUT2D eigenvalue weighted by Gasteiger charge is -2.22. The molecule has 0 aliphatic heterocycles. The molecule has 0 fully saturated rings. The predicted molar refractivity (Wildman–Crippen MR) is 461 cm³/mol. The Labute approximate surface area is 667 Å². The first kappa shape index (κ1) is 112. The van der Waals surface area contributed by atoms with Gasteiger partial charge in [-0.2, -0.15) is 0 Å². The molecule has 0 aromatic heterocycles. The number of benzene rings is 7. The SMILES string of the molecule is CC.CCC(C)c1cc(C(=O)CO)cc(C(=O)OC)c1.CCC(C)c1ccc(Cl)cc1.CCC(C)c1ccc(OC)c(C)c1.CCC(C)c1cccc(Br)c1.CCC(C)c1cccc(C(=O)CO)c1.CCC(C)c1cccc(C(C)=O)c1.CCC(C)c1cccc2c1CCCC2.CO.CO.CO.CO.CO.CO. The van der Waals surface area contributed by atoms with Gasteiger partial charge in [-0.05, 0) is 242 Å². The fourth-order valence-corrected chi connectivity index (χ4v) is 10.9. The molecule has 1 aliphatic rings. The predicted octanol–water partition coefficient (Wildman–Crippen LogP) is 22.0. The van der Waals surface area contributed by atoms with Gasteiger partial charge in [0, 0.05) is 68.8 Å². The maximum absolute atomic E-state index is 11.5. The maximum Gasteiger partial charge on any atom is 0.337 e. The first-order valence-electron chi connectivity index (χ1n) is 38.0. The zero-order valence-electron chi connectivity index (χ0n) is 71.0. The molecule has 1 aliphatic carbocycles. The van der Waals surface area contributed by atoms with Crippen LogP contribution in [0.25, 0.3) is 0 Å². The Balaban J connectivity index is -0.000000274.